The molecule has 0 spiro atoms. The predicted molar refractivity (Wildman–Crippen MR) is 67.4 cm³/mol. The first-order valence-corrected chi connectivity index (χ1v) is 4.91. The van der Waals surface area contributed by atoms with Crippen molar-refractivity contribution < 1.29 is 9.53 Å². The molecule has 0 aliphatic carbocycles. The lowest BCUT2D eigenvalue weighted by Gasteiger charge is -2.06. The lowest BCUT2D eigenvalue weighted by Crippen LogP contribution is -2.27. The normalized spacial score (nSPS) is 9.12. The van der Waals surface area contributed by atoms with Crippen molar-refractivity contribution in [2.24, 2.45) is 0 Å². The number of amides is 1. The summed E-state index contributed by atoms with van der Waals surface area (Å²) in [4.78, 5) is 11.4. The molecule has 16 heavy (non-hydrogen) atoms. The average Bonchev–Trinajstić information content (AvgIpc) is 2.26. The number of carbonyl (C=O) groups excluding carboxylic acids is 1. The van der Waals surface area contributed by atoms with Crippen LogP contribution in [0.2, 0.25) is 0 Å². The van der Waals surface area contributed by atoms with Gasteiger partial charge in [0.25, 0.3) is 0 Å². The Morgan fingerprint density at radius 2 is 2.19 bits per heavy atom. The minimum absolute atomic E-state index is 0. The molecule has 0 saturated carbocycles. The number of methoxy groups -OCH3 is 1. The predicted octanol–water partition coefficient (Wildman–Crippen LogP) is 1.66. The first-order chi connectivity index (χ1) is 7.26. The Morgan fingerprint density at radius 3 is 2.81 bits per heavy atom. The van der Waals surface area contributed by atoms with E-state index in [4.69, 9.17) is 4.74 Å². The lowest BCUT2D eigenvalue weighted by atomic mass is 10.3. The third-order valence-corrected chi connectivity index (χ3v) is 1.89. The second-order valence-corrected chi connectivity index (χ2v) is 3.06. The number of rotatable bonds is 5. The molecule has 0 heterocycles. The van der Waals surface area contributed by atoms with Gasteiger partial charge in [-0.3, -0.25) is 4.79 Å². The number of hydrogen-bond donors (Lipinski definition) is 2. The van der Waals surface area contributed by atoms with E-state index in [1.54, 1.807) is 13.2 Å². The summed E-state index contributed by atoms with van der Waals surface area (Å²) in [5.74, 6) is 0.682. The Kier molecular flexibility index (Phi) is 7.33. The molecular formula is C11H17ClN2O2. The Balaban J connectivity index is 0.00000225. The van der Waals surface area contributed by atoms with Crippen molar-refractivity contribution in [2.45, 2.75) is 6.92 Å². The molecule has 4 nitrogen and oxygen atoms in total. The van der Waals surface area contributed by atoms with Crippen molar-refractivity contribution in [1.82, 2.24) is 5.32 Å². The van der Waals surface area contributed by atoms with Crippen LogP contribution in [0, 0.1) is 0 Å². The van der Waals surface area contributed by atoms with Crippen molar-refractivity contribution in [3.8, 4) is 5.75 Å². The molecule has 0 fully saturated rings. The van der Waals surface area contributed by atoms with Gasteiger partial charge in [-0.1, -0.05) is 13.0 Å². The summed E-state index contributed by atoms with van der Waals surface area (Å²) in [6.07, 6.45) is 0. The van der Waals surface area contributed by atoms with Crippen LogP contribution in [0.4, 0.5) is 5.69 Å². The number of benzene rings is 1. The SMILES string of the molecule is CCNCC(=O)Nc1cccc(OC)c1.Cl. The molecule has 1 aromatic rings. The van der Waals surface area contributed by atoms with Crippen LogP contribution < -0.4 is 15.4 Å². The average molecular weight is 245 g/mol. The standard InChI is InChI=1S/C11H16N2O2.ClH/c1-3-12-8-11(14)13-9-5-4-6-10(7-9)15-2;/h4-7,12H,3,8H2,1-2H3,(H,13,14);1H. The molecule has 0 aliphatic heterocycles. The first kappa shape index (κ1) is 14.7. The maximum absolute atomic E-state index is 11.4. The second kappa shape index (κ2) is 7.96. The quantitative estimate of drug-likeness (QED) is 0.829. The van der Waals surface area contributed by atoms with E-state index in [-0.39, 0.29) is 18.3 Å². The first-order valence-electron chi connectivity index (χ1n) is 4.91. The third-order valence-electron chi connectivity index (χ3n) is 1.89. The van der Waals surface area contributed by atoms with Gasteiger partial charge >= 0.3 is 0 Å². The summed E-state index contributed by atoms with van der Waals surface area (Å²) in [6, 6.07) is 7.28. The number of nitrogens with one attached hydrogen (secondary N) is 2. The van der Waals surface area contributed by atoms with E-state index in [9.17, 15) is 4.79 Å². The largest absolute Gasteiger partial charge is 0.497 e. The number of carbonyl (C=O) groups is 1. The van der Waals surface area contributed by atoms with Crippen LogP contribution in [0.5, 0.6) is 5.75 Å². The molecule has 0 unspecified atom stereocenters. The topological polar surface area (TPSA) is 50.4 Å². The monoisotopic (exact) mass is 244 g/mol. The molecule has 90 valence electrons. The Hall–Kier alpha value is -1.26. The van der Waals surface area contributed by atoms with Gasteiger partial charge in [0.2, 0.25) is 5.91 Å². The highest BCUT2D eigenvalue weighted by Crippen LogP contribution is 2.16. The smallest absolute Gasteiger partial charge is 0.238 e. The van der Waals surface area contributed by atoms with Crippen LogP contribution in [-0.4, -0.2) is 26.1 Å². The molecule has 1 rings (SSSR count). The molecule has 0 radical (unpaired) electrons. The summed E-state index contributed by atoms with van der Waals surface area (Å²) >= 11 is 0. The zero-order valence-electron chi connectivity index (χ0n) is 9.45. The van der Waals surface area contributed by atoms with Gasteiger partial charge in [0.05, 0.1) is 13.7 Å². The van der Waals surface area contributed by atoms with Crippen molar-refractivity contribution in [1.29, 1.82) is 0 Å². The Labute approximate surface area is 102 Å². The van der Waals surface area contributed by atoms with Crippen LogP contribution in [0.15, 0.2) is 24.3 Å². The highest BCUT2D eigenvalue weighted by atomic mass is 35.5. The number of anilines is 1. The third kappa shape index (κ3) is 5.00. The summed E-state index contributed by atoms with van der Waals surface area (Å²) in [5.41, 5.74) is 0.747. The number of halogens is 1. The van der Waals surface area contributed by atoms with E-state index >= 15 is 0 Å². The molecule has 0 aliphatic rings. The molecule has 0 bridgehead atoms. The fourth-order valence-corrected chi connectivity index (χ4v) is 1.14. The van der Waals surface area contributed by atoms with E-state index in [1.165, 1.54) is 0 Å². The van der Waals surface area contributed by atoms with E-state index in [2.05, 4.69) is 10.6 Å². The molecule has 2 N–H and O–H groups in total. The van der Waals surface area contributed by atoms with Gasteiger partial charge < -0.3 is 15.4 Å². The molecule has 1 amide bonds. The van der Waals surface area contributed by atoms with Gasteiger partial charge in [0.1, 0.15) is 5.75 Å². The van der Waals surface area contributed by atoms with E-state index in [0.717, 1.165) is 18.0 Å². The van der Waals surface area contributed by atoms with E-state index < -0.39 is 0 Å². The number of hydrogen-bond acceptors (Lipinski definition) is 3. The van der Waals surface area contributed by atoms with Crippen LogP contribution in [0.1, 0.15) is 6.92 Å². The van der Waals surface area contributed by atoms with Gasteiger partial charge in [0.15, 0.2) is 0 Å². The van der Waals surface area contributed by atoms with Crippen molar-refractivity contribution >= 4 is 24.0 Å². The molecule has 0 aromatic heterocycles. The lowest BCUT2D eigenvalue weighted by molar-refractivity contribution is -0.115. The fourth-order valence-electron chi connectivity index (χ4n) is 1.14. The van der Waals surface area contributed by atoms with Crippen molar-refractivity contribution in [3.63, 3.8) is 0 Å². The summed E-state index contributed by atoms with van der Waals surface area (Å²) < 4.78 is 5.05. The summed E-state index contributed by atoms with van der Waals surface area (Å²) in [7, 11) is 1.60. The zero-order chi connectivity index (χ0) is 11.1. The van der Waals surface area contributed by atoms with Gasteiger partial charge in [-0.05, 0) is 18.7 Å². The maximum atomic E-state index is 11.4. The highest BCUT2D eigenvalue weighted by Gasteiger charge is 2.01. The summed E-state index contributed by atoms with van der Waals surface area (Å²) in [6.45, 7) is 3.07. The number of likely N-dealkylation sites (N-methyl/N-ethyl adjacent to an activating group) is 1. The maximum Gasteiger partial charge on any atom is 0.238 e. The Morgan fingerprint density at radius 1 is 1.44 bits per heavy atom. The molecule has 0 saturated heterocycles. The van der Waals surface area contributed by atoms with Crippen LogP contribution >= 0.6 is 12.4 Å². The van der Waals surface area contributed by atoms with Crippen molar-refractivity contribution in [2.75, 3.05) is 25.5 Å². The second-order valence-electron chi connectivity index (χ2n) is 3.06. The fraction of sp³-hybridized carbons (Fsp3) is 0.364. The van der Waals surface area contributed by atoms with Crippen LogP contribution in [0.25, 0.3) is 0 Å². The molecule has 5 heteroatoms. The van der Waals surface area contributed by atoms with E-state index in [0.29, 0.717) is 6.54 Å². The molecule has 1 aromatic carbocycles. The summed E-state index contributed by atoms with van der Waals surface area (Å²) in [5, 5.41) is 5.72. The highest BCUT2D eigenvalue weighted by molar-refractivity contribution is 5.92. The molecular weight excluding hydrogens is 228 g/mol. The number of ether oxygens (including phenoxy) is 1. The minimum Gasteiger partial charge on any atom is -0.497 e. The minimum atomic E-state index is -0.0508. The van der Waals surface area contributed by atoms with Gasteiger partial charge in [0, 0.05) is 11.8 Å². The molecule has 0 atom stereocenters. The van der Waals surface area contributed by atoms with Gasteiger partial charge in [-0.2, -0.15) is 0 Å². The zero-order valence-corrected chi connectivity index (χ0v) is 10.3. The van der Waals surface area contributed by atoms with Crippen LogP contribution in [-0.2, 0) is 4.79 Å². The van der Waals surface area contributed by atoms with Crippen molar-refractivity contribution in [3.05, 3.63) is 24.3 Å². The van der Waals surface area contributed by atoms with Gasteiger partial charge in [-0.15, -0.1) is 12.4 Å². The Bertz CT molecular complexity index is 332. The van der Waals surface area contributed by atoms with E-state index in [1.807, 2.05) is 25.1 Å². The van der Waals surface area contributed by atoms with Gasteiger partial charge in [-0.25, -0.2) is 0 Å². The van der Waals surface area contributed by atoms with Crippen LogP contribution in [0.3, 0.4) is 0 Å².